The third-order valence-corrected chi connectivity index (χ3v) is 4.38. The van der Waals surface area contributed by atoms with Gasteiger partial charge in [-0.2, -0.15) is 0 Å². The number of halogens is 1. The summed E-state index contributed by atoms with van der Waals surface area (Å²) >= 11 is 5.83. The lowest BCUT2D eigenvalue weighted by Gasteiger charge is -2.19. The summed E-state index contributed by atoms with van der Waals surface area (Å²) in [5.74, 6) is 0.919. The highest BCUT2D eigenvalue weighted by Crippen LogP contribution is 2.20. The molecule has 0 saturated heterocycles. The molecule has 0 atom stereocenters. The molecule has 0 saturated carbocycles. The zero-order valence-electron chi connectivity index (χ0n) is 16.6. The maximum atomic E-state index is 12.3. The standard InChI is InChI=1S/C21H25ClN2O4/c1-15-5-6-16(21(26)23(2)3)13-19(15)28-14-20(25)24(4)11-12-27-18-9-7-17(22)8-10-18/h5-10,13H,11-12,14H2,1-4H3. The molecule has 0 fully saturated rings. The second-order valence-corrected chi connectivity index (χ2v) is 7.02. The van der Waals surface area contributed by atoms with Gasteiger partial charge in [0.15, 0.2) is 6.61 Å². The van der Waals surface area contributed by atoms with Crippen molar-refractivity contribution < 1.29 is 19.1 Å². The topological polar surface area (TPSA) is 59.1 Å². The average Bonchev–Trinajstić information content (AvgIpc) is 2.67. The molecule has 0 aliphatic heterocycles. The van der Waals surface area contributed by atoms with Crippen LogP contribution < -0.4 is 9.47 Å². The molecule has 0 aliphatic rings. The Kier molecular flexibility index (Phi) is 7.70. The molecule has 7 heteroatoms. The highest BCUT2D eigenvalue weighted by molar-refractivity contribution is 6.30. The van der Waals surface area contributed by atoms with E-state index >= 15 is 0 Å². The number of rotatable bonds is 8. The number of nitrogens with zero attached hydrogens (tertiary/aromatic N) is 2. The van der Waals surface area contributed by atoms with Crippen LogP contribution in [-0.2, 0) is 4.79 Å². The van der Waals surface area contributed by atoms with E-state index in [9.17, 15) is 9.59 Å². The number of benzene rings is 2. The summed E-state index contributed by atoms with van der Waals surface area (Å²) in [5, 5.41) is 0.642. The normalized spacial score (nSPS) is 10.3. The summed E-state index contributed by atoms with van der Waals surface area (Å²) in [6.07, 6.45) is 0. The van der Waals surface area contributed by atoms with Gasteiger partial charge in [-0.3, -0.25) is 9.59 Å². The van der Waals surface area contributed by atoms with E-state index in [2.05, 4.69) is 0 Å². The first-order valence-corrected chi connectivity index (χ1v) is 9.23. The van der Waals surface area contributed by atoms with Gasteiger partial charge in [0.25, 0.3) is 11.8 Å². The van der Waals surface area contributed by atoms with E-state index in [4.69, 9.17) is 21.1 Å². The number of hydrogen-bond donors (Lipinski definition) is 0. The predicted octanol–water partition coefficient (Wildman–Crippen LogP) is 3.27. The summed E-state index contributed by atoms with van der Waals surface area (Å²) in [7, 11) is 5.07. The Morgan fingerprint density at radius 3 is 2.32 bits per heavy atom. The molecule has 0 spiro atoms. The van der Waals surface area contributed by atoms with Gasteiger partial charge in [0.1, 0.15) is 18.1 Å². The van der Waals surface area contributed by atoms with Crippen molar-refractivity contribution in [1.29, 1.82) is 0 Å². The van der Waals surface area contributed by atoms with Crippen LogP contribution in [0.3, 0.4) is 0 Å². The summed E-state index contributed by atoms with van der Waals surface area (Å²) in [6.45, 7) is 2.53. The second-order valence-electron chi connectivity index (χ2n) is 6.59. The Bertz CT molecular complexity index is 822. The van der Waals surface area contributed by atoms with Gasteiger partial charge < -0.3 is 19.3 Å². The summed E-state index contributed by atoms with van der Waals surface area (Å²) < 4.78 is 11.2. The minimum atomic E-state index is -0.177. The highest BCUT2D eigenvalue weighted by atomic mass is 35.5. The summed E-state index contributed by atoms with van der Waals surface area (Å²) in [4.78, 5) is 27.4. The van der Waals surface area contributed by atoms with E-state index in [0.29, 0.717) is 35.2 Å². The Morgan fingerprint density at radius 1 is 1.00 bits per heavy atom. The SMILES string of the molecule is Cc1ccc(C(=O)N(C)C)cc1OCC(=O)N(C)CCOc1ccc(Cl)cc1. The van der Waals surface area contributed by atoms with E-state index in [1.165, 1.54) is 4.90 Å². The van der Waals surface area contributed by atoms with Crippen LogP contribution in [0.4, 0.5) is 0 Å². The van der Waals surface area contributed by atoms with Gasteiger partial charge in [-0.25, -0.2) is 0 Å². The van der Waals surface area contributed by atoms with Crippen LogP contribution in [0.2, 0.25) is 5.02 Å². The van der Waals surface area contributed by atoms with Gasteiger partial charge in [0.2, 0.25) is 0 Å². The molecule has 6 nitrogen and oxygen atoms in total. The van der Waals surface area contributed by atoms with Crippen molar-refractivity contribution in [1.82, 2.24) is 9.80 Å². The fourth-order valence-electron chi connectivity index (χ4n) is 2.35. The third kappa shape index (κ3) is 6.16. The molecule has 0 aromatic heterocycles. The van der Waals surface area contributed by atoms with Crippen molar-refractivity contribution in [2.24, 2.45) is 0 Å². The van der Waals surface area contributed by atoms with Gasteiger partial charge in [0.05, 0.1) is 6.54 Å². The predicted molar refractivity (Wildman–Crippen MR) is 109 cm³/mol. The van der Waals surface area contributed by atoms with E-state index < -0.39 is 0 Å². The van der Waals surface area contributed by atoms with Crippen LogP contribution in [0, 0.1) is 6.92 Å². The van der Waals surface area contributed by atoms with Crippen molar-refractivity contribution in [2.75, 3.05) is 40.9 Å². The van der Waals surface area contributed by atoms with E-state index in [-0.39, 0.29) is 18.4 Å². The molecule has 2 aromatic rings. The Labute approximate surface area is 170 Å². The number of aryl methyl sites for hydroxylation is 1. The van der Waals surface area contributed by atoms with Gasteiger partial charge in [-0.1, -0.05) is 17.7 Å². The molecule has 150 valence electrons. The van der Waals surface area contributed by atoms with E-state index in [1.807, 2.05) is 6.92 Å². The first-order valence-electron chi connectivity index (χ1n) is 8.85. The average molecular weight is 405 g/mol. The van der Waals surface area contributed by atoms with Crippen LogP contribution in [-0.4, -0.2) is 62.5 Å². The molecule has 2 aromatic carbocycles. The molecule has 2 amide bonds. The molecule has 0 bridgehead atoms. The monoisotopic (exact) mass is 404 g/mol. The fraction of sp³-hybridized carbons (Fsp3) is 0.333. The smallest absolute Gasteiger partial charge is 0.260 e. The molecule has 0 heterocycles. The number of amides is 2. The van der Waals surface area contributed by atoms with Crippen LogP contribution in [0.1, 0.15) is 15.9 Å². The first kappa shape index (κ1) is 21.6. The molecule has 0 unspecified atom stereocenters. The number of carbonyl (C=O) groups is 2. The third-order valence-electron chi connectivity index (χ3n) is 4.13. The lowest BCUT2D eigenvalue weighted by Crippen LogP contribution is -2.34. The molecule has 2 rings (SSSR count). The number of ether oxygens (including phenoxy) is 2. The summed E-state index contributed by atoms with van der Waals surface area (Å²) in [6, 6.07) is 12.3. The Balaban J connectivity index is 1.84. The van der Waals surface area contributed by atoms with Gasteiger partial charge in [-0.15, -0.1) is 0 Å². The molecular formula is C21H25ClN2O4. The highest BCUT2D eigenvalue weighted by Gasteiger charge is 2.13. The minimum Gasteiger partial charge on any atom is -0.492 e. The molecule has 0 aliphatic carbocycles. The van der Waals surface area contributed by atoms with Crippen molar-refractivity contribution in [2.45, 2.75) is 6.92 Å². The summed E-state index contributed by atoms with van der Waals surface area (Å²) in [5.41, 5.74) is 1.37. The zero-order chi connectivity index (χ0) is 20.7. The van der Waals surface area contributed by atoms with Gasteiger partial charge in [0, 0.05) is 31.7 Å². The number of hydrogen-bond acceptors (Lipinski definition) is 4. The minimum absolute atomic E-state index is 0.113. The maximum Gasteiger partial charge on any atom is 0.260 e. The number of likely N-dealkylation sites (N-methyl/N-ethyl adjacent to an activating group) is 1. The lowest BCUT2D eigenvalue weighted by molar-refractivity contribution is -0.132. The van der Waals surface area contributed by atoms with Gasteiger partial charge >= 0.3 is 0 Å². The Morgan fingerprint density at radius 2 is 1.68 bits per heavy atom. The van der Waals surface area contributed by atoms with Crippen molar-refractivity contribution in [3.63, 3.8) is 0 Å². The molecule has 28 heavy (non-hydrogen) atoms. The largest absolute Gasteiger partial charge is 0.492 e. The second kappa shape index (κ2) is 9.99. The van der Waals surface area contributed by atoms with E-state index in [0.717, 1.165) is 5.56 Å². The zero-order valence-corrected chi connectivity index (χ0v) is 17.3. The quantitative estimate of drug-likeness (QED) is 0.677. The van der Waals surface area contributed by atoms with Gasteiger partial charge in [-0.05, 0) is 48.9 Å². The van der Waals surface area contributed by atoms with Crippen LogP contribution in [0.25, 0.3) is 0 Å². The van der Waals surface area contributed by atoms with Crippen LogP contribution in [0.15, 0.2) is 42.5 Å². The maximum absolute atomic E-state index is 12.3. The van der Waals surface area contributed by atoms with Crippen LogP contribution >= 0.6 is 11.6 Å². The Hall–Kier alpha value is -2.73. The molecule has 0 N–H and O–H groups in total. The van der Waals surface area contributed by atoms with Crippen LogP contribution in [0.5, 0.6) is 11.5 Å². The molecule has 0 radical (unpaired) electrons. The first-order chi connectivity index (χ1) is 13.3. The number of carbonyl (C=O) groups excluding carboxylic acids is 2. The van der Waals surface area contributed by atoms with Crippen molar-refractivity contribution >= 4 is 23.4 Å². The lowest BCUT2D eigenvalue weighted by atomic mass is 10.1. The van der Waals surface area contributed by atoms with Crippen molar-refractivity contribution in [3.05, 3.63) is 58.6 Å². The molecular weight excluding hydrogens is 380 g/mol. The van der Waals surface area contributed by atoms with E-state index in [1.54, 1.807) is 68.5 Å². The van der Waals surface area contributed by atoms with Crippen molar-refractivity contribution in [3.8, 4) is 11.5 Å². The fourth-order valence-corrected chi connectivity index (χ4v) is 2.48.